The molecule has 0 spiro atoms. The van der Waals surface area contributed by atoms with E-state index in [9.17, 15) is 0 Å². The maximum absolute atomic E-state index is 5.91. The fraction of sp³-hybridized carbons (Fsp3) is 0.889. The summed E-state index contributed by atoms with van der Waals surface area (Å²) in [7, 11) is -0.321. The van der Waals surface area contributed by atoms with Crippen molar-refractivity contribution >= 4 is 26.9 Å². The lowest BCUT2D eigenvalue weighted by Gasteiger charge is -2.29. The summed E-state index contributed by atoms with van der Waals surface area (Å²) in [6, 6.07) is 1.01. The van der Waals surface area contributed by atoms with E-state index in [1.807, 2.05) is 13.8 Å². The molecule has 1 N–H and O–H groups in total. The second-order valence-electron chi connectivity index (χ2n) is 6.65. The first-order valence-electron chi connectivity index (χ1n) is 10.5. The molecule has 0 heterocycles. The van der Waals surface area contributed by atoms with Crippen molar-refractivity contribution in [2.75, 3.05) is 60.3 Å². The molecule has 0 rings (SSSR count). The van der Waals surface area contributed by atoms with Crippen molar-refractivity contribution in [3.63, 3.8) is 0 Å². The summed E-state index contributed by atoms with van der Waals surface area (Å²) in [5.74, 6) is 0. The van der Waals surface area contributed by atoms with Crippen LogP contribution in [0.5, 0.6) is 0 Å². The first kappa shape index (κ1) is 28.0. The summed E-state index contributed by atoms with van der Waals surface area (Å²) in [6.07, 6.45) is 4.26. The van der Waals surface area contributed by atoms with Gasteiger partial charge in [-0.25, -0.2) is 0 Å². The lowest BCUT2D eigenvalue weighted by atomic mass is 10.5. The average molecular weight is 453 g/mol. The Bertz CT molecular complexity index is 408. The van der Waals surface area contributed by atoms with E-state index in [1.165, 1.54) is 4.82 Å². The van der Waals surface area contributed by atoms with Crippen LogP contribution in [0.25, 0.3) is 0 Å². The third-order valence-corrected chi connectivity index (χ3v) is 13.8. The van der Waals surface area contributed by atoms with Crippen LogP contribution >= 0.6 is 0 Å². The van der Waals surface area contributed by atoms with Crippen molar-refractivity contribution in [1.82, 2.24) is 10.2 Å². The summed E-state index contributed by atoms with van der Waals surface area (Å²) in [5.41, 5.74) is 0. The minimum atomic E-state index is -2.75. The third-order valence-electron chi connectivity index (χ3n) is 4.81. The molecule has 0 aromatic heterocycles. The highest BCUT2D eigenvalue weighted by Crippen LogP contribution is 2.18. The molecule has 0 unspecified atom stereocenters. The van der Waals surface area contributed by atoms with Crippen molar-refractivity contribution in [2.45, 2.75) is 46.7 Å². The van der Waals surface area contributed by atoms with Crippen molar-refractivity contribution < 1.29 is 22.1 Å². The van der Waals surface area contributed by atoms with Crippen molar-refractivity contribution in [1.29, 1.82) is 0 Å². The number of nitrogens with zero attached hydrogens (tertiary/aromatic N) is 1. The molecule has 0 amide bonds. The predicted octanol–water partition coefficient (Wildman–Crippen LogP) is 1.84. The number of nitrogens with one attached hydrogen (secondary N) is 1. The van der Waals surface area contributed by atoms with Crippen molar-refractivity contribution in [2.24, 2.45) is 0 Å². The highest BCUT2D eigenvalue weighted by molar-refractivity contribution is 6.83. The van der Waals surface area contributed by atoms with Crippen LogP contribution in [0.15, 0.2) is 11.0 Å². The molecule has 0 aliphatic heterocycles. The van der Waals surface area contributed by atoms with Gasteiger partial charge in [0.1, 0.15) is 0 Å². The third kappa shape index (κ3) is 9.63. The fourth-order valence-electron chi connectivity index (χ4n) is 3.25. The highest BCUT2D eigenvalue weighted by Gasteiger charge is 2.42. The lowest BCUT2D eigenvalue weighted by molar-refractivity contribution is 0.136. The quantitative estimate of drug-likeness (QED) is 0.251. The first-order valence-corrected chi connectivity index (χ1v) is 16.5. The smallest absolute Gasteiger partial charge is 0.395 e. The maximum Gasteiger partial charge on any atom is 0.528 e. The molecule has 0 fully saturated rings. The summed E-state index contributed by atoms with van der Waals surface area (Å²) in [5, 5.41) is 3.60. The Balaban J connectivity index is 4.72. The molecular formula is C18H44N2O5Si3. The van der Waals surface area contributed by atoms with Gasteiger partial charge in [0.05, 0.1) is 9.52 Å². The second kappa shape index (κ2) is 15.7. The fourth-order valence-corrected chi connectivity index (χ4v) is 11.3. The predicted molar refractivity (Wildman–Crippen MR) is 123 cm³/mol. The van der Waals surface area contributed by atoms with Crippen LogP contribution in [0.2, 0.25) is 12.6 Å². The molecule has 0 atom stereocenters. The van der Waals surface area contributed by atoms with Crippen molar-refractivity contribution in [3.8, 4) is 0 Å². The van der Waals surface area contributed by atoms with Crippen LogP contribution in [-0.2, 0) is 22.1 Å². The first-order chi connectivity index (χ1) is 13.4. The Morgan fingerprint density at radius 1 is 0.964 bits per heavy atom. The van der Waals surface area contributed by atoms with Gasteiger partial charge in [0.15, 0.2) is 0 Å². The van der Waals surface area contributed by atoms with Gasteiger partial charge in [-0.2, -0.15) is 0 Å². The van der Waals surface area contributed by atoms with Gasteiger partial charge in [-0.05, 0) is 70.4 Å². The van der Waals surface area contributed by atoms with Crippen LogP contribution in [0, 0.1) is 0 Å². The molecule has 0 saturated heterocycles. The summed E-state index contributed by atoms with van der Waals surface area (Å²) in [6.45, 7) is 14.9. The average Bonchev–Trinajstić information content (AvgIpc) is 2.69. The Morgan fingerprint density at radius 2 is 1.50 bits per heavy atom. The van der Waals surface area contributed by atoms with E-state index in [1.54, 1.807) is 21.3 Å². The van der Waals surface area contributed by atoms with Crippen LogP contribution < -0.4 is 5.32 Å². The molecule has 10 heteroatoms. The molecule has 168 valence electrons. The molecule has 0 aromatic rings. The van der Waals surface area contributed by atoms with Gasteiger partial charge in [-0.15, -0.1) is 0 Å². The van der Waals surface area contributed by atoms with Gasteiger partial charge in [-0.1, -0.05) is 0 Å². The van der Waals surface area contributed by atoms with E-state index < -0.39 is 26.9 Å². The molecular weight excluding hydrogens is 408 g/mol. The van der Waals surface area contributed by atoms with E-state index in [2.05, 4.69) is 36.8 Å². The summed E-state index contributed by atoms with van der Waals surface area (Å²) in [4.78, 5) is 3.52. The van der Waals surface area contributed by atoms with Gasteiger partial charge >= 0.3 is 17.4 Å². The zero-order valence-electron chi connectivity index (χ0n) is 19.4. The molecule has 0 aliphatic carbocycles. The zero-order valence-corrected chi connectivity index (χ0v) is 22.8. The van der Waals surface area contributed by atoms with Gasteiger partial charge in [-0.3, -0.25) is 0 Å². The minimum absolute atomic E-state index is 0.611. The lowest BCUT2D eigenvalue weighted by Crippen LogP contribution is -2.49. The minimum Gasteiger partial charge on any atom is -0.395 e. The number of hydrogen-bond acceptors (Lipinski definition) is 7. The van der Waals surface area contributed by atoms with Crippen LogP contribution in [0.1, 0.15) is 34.1 Å². The normalized spacial score (nSPS) is 13.6. The Morgan fingerprint density at radius 3 is 1.93 bits per heavy atom. The molecule has 0 aromatic carbocycles. The Hall–Kier alpha value is -0.0494. The standard InChI is InChI=1S/C18H44N2O5Si3/c1-9-20(10-2)16-18(28(21-5,22-6)23-7)26-17-19-14-13-15-27(8,24-11-3)25-12-4/h16,19H,9-15,17,26H2,1-8H3. The van der Waals surface area contributed by atoms with Crippen LogP contribution in [0.4, 0.5) is 0 Å². The Labute approximate surface area is 177 Å². The van der Waals surface area contributed by atoms with Gasteiger partial charge in [0.25, 0.3) is 0 Å². The monoisotopic (exact) mass is 452 g/mol. The Kier molecular flexibility index (Phi) is 15.7. The van der Waals surface area contributed by atoms with Gasteiger partial charge < -0.3 is 32.3 Å². The van der Waals surface area contributed by atoms with E-state index in [0.29, 0.717) is 0 Å². The molecule has 0 saturated carbocycles. The maximum atomic E-state index is 5.91. The van der Waals surface area contributed by atoms with Gasteiger partial charge in [0, 0.05) is 47.6 Å². The molecule has 0 radical (unpaired) electrons. The summed E-state index contributed by atoms with van der Waals surface area (Å²) < 4.78 is 29.1. The molecule has 0 aliphatic rings. The second-order valence-corrected chi connectivity index (χ2v) is 15.4. The number of rotatable bonds is 18. The van der Waals surface area contributed by atoms with Crippen LogP contribution in [0.3, 0.4) is 0 Å². The molecule has 28 heavy (non-hydrogen) atoms. The van der Waals surface area contributed by atoms with E-state index >= 15 is 0 Å². The largest absolute Gasteiger partial charge is 0.528 e. The van der Waals surface area contributed by atoms with E-state index in [-0.39, 0.29) is 0 Å². The van der Waals surface area contributed by atoms with E-state index in [4.69, 9.17) is 22.1 Å². The van der Waals surface area contributed by atoms with Crippen LogP contribution in [-0.4, -0.2) is 92.1 Å². The van der Waals surface area contributed by atoms with Crippen molar-refractivity contribution in [3.05, 3.63) is 11.0 Å². The number of hydrogen-bond donors (Lipinski definition) is 1. The molecule has 0 bridgehead atoms. The summed E-state index contributed by atoms with van der Waals surface area (Å²) >= 11 is 0. The van der Waals surface area contributed by atoms with Gasteiger partial charge in [0.2, 0.25) is 0 Å². The SMILES string of the molecule is CCO[Si](C)(CCCNC[SiH2]C(=CN(CC)CC)[Si](OC)(OC)OC)OCC. The topological polar surface area (TPSA) is 61.4 Å². The highest BCUT2D eigenvalue weighted by atomic mass is 28.4. The van der Waals surface area contributed by atoms with E-state index in [0.717, 1.165) is 51.5 Å². The zero-order chi connectivity index (χ0) is 21.5. The molecule has 7 nitrogen and oxygen atoms in total.